The lowest BCUT2D eigenvalue weighted by molar-refractivity contribution is 0.398. The minimum atomic E-state index is -0.0188. The molecule has 0 saturated heterocycles. The van der Waals surface area contributed by atoms with E-state index >= 15 is 0 Å². The van der Waals surface area contributed by atoms with Gasteiger partial charge in [0.15, 0.2) is 0 Å². The molecule has 1 aliphatic rings. The summed E-state index contributed by atoms with van der Waals surface area (Å²) in [5.41, 5.74) is 6.01. The van der Waals surface area contributed by atoms with E-state index in [9.17, 15) is 0 Å². The summed E-state index contributed by atoms with van der Waals surface area (Å²) in [6.45, 7) is 18.1. The number of nitrogens with one attached hydrogen (secondary N) is 1. The maximum atomic E-state index is 5.94. The maximum absolute atomic E-state index is 5.94. The van der Waals surface area contributed by atoms with E-state index in [2.05, 4.69) is 72.7 Å². The molecule has 0 spiro atoms. The van der Waals surface area contributed by atoms with Gasteiger partial charge in [-0.15, -0.1) is 6.42 Å². The Bertz CT molecular complexity index is 603. The zero-order valence-electron chi connectivity index (χ0n) is 18.3. The first kappa shape index (κ1) is 23.0. The summed E-state index contributed by atoms with van der Waals surface area (Å²) in [4.78, 5) is 1.37. The van der Waals surface area contributed by atoms with Crippen LogP contribution >= 0.6 is 11.8 Å². The van der Waals surface area contributed by atoms with Crippen molar-refractivity contribution in [3.63, 3.8) is 0 Å². The van der Waals surface area contributed by atoms with Gasteiger partial charge in [0.05, 0.1) is 0 Å². The summed E-state index contributed by atoms with van der Waals surface area (Å²) < 4.78 is 0. The van der Waals surface area contributed by atoms with E-state index < -0.39 is 0 Å². The number of hydrogen-bond donors (Lipinski definition) is 1. The fourth-order valence-corrected chi connectivity index (χ4v) is 4.28. The number of terminal acetylenes is 1. The zero-order chi connectivity index (χ0) is 19.9. The van der Waals surface area contributed by atoms with Crippen LogP contribution in [0, 0.1) is 23.7 Å². The molecule has 1 aliphatic carbocycles. The Morgan fingerprint density at radius 3 is 2.35 bits per heavy atom. The van der Waals surface area contributed by atoms with Gasteiger partial charge >= 0.3 is 0 Å². The second-order valence-corrected chi connectivity index (χ2v) is 9.99. The molecule has 0 amide bonds. The first-order chi connectivity index (χ1) is 12.1. The Balaban J connectivity index is 3.01. The molecule has 1 saturated carbocycles. The molecule has 0 aromatic rings. The van der Waals surface area contributed by atoms with Crippen molar-refractivity contribution < 1.29 is 0 Å². The average Bonchev–Trinajstić information content (AvgIpc) is 3.25. The molecule has 0 aromatic heterocycles. The van der Waals surface area contributed by atoms with Gasteiger partial charge < -0.3 is 5.32 Å². The second-order valence-electron chi connectivity index (χ2n) is 8.87. The molecule has 0 bridgehead atoms. The van der Waals surface area contributed by atoms with Crippen LogP contribution in [0.4, 0.5) is 0 Å². The van der Waals surface area contributed by atoms with E-state index in [1.165, 1.54) is 28.2 Å². The summed E-state index contributed by atoms with van der Waals surface area (Å²) in [7, 11) is 0. The standard InChI is InChI=1S/C24H39NS/c1-10-13-19(14-11-2)23(17(4)5)26-22(12-3)25-21(16-24(7,8)9)20-15-18(20)6/h3,13,18,22,25H,10-11,14-16H2,1-2,4-9H3/b19-13-,21-20+. The molecule has 2 atom stereocenters. The highest BCUT2D eigenvalue weighted by atomic mass is 32.2. The third kappa shape index (κ3) is 7.67. The van der Waals surface area contributed by atoms with Gasteiger partial charge in [0.2, 0.25) is 0 Å². The highest BCUT2D eigenvalue weighted by Crippen LogP contribution is 2.43. The Morgan fingerprint density at radius 1 is 1.35 bits per heavy atom. The average molecular weight is 374 g/mol. The lowest BCUT2D eigenvalue weighted by atomic mass is 9.90. The number of hydrogen-bond acceptors (Lipinski definition) is 2. The molecular formula is C24H39NS. The summed E-state index contributed by atoms with van der Waals surface area (Å²) >= 11 is 1.82. The van der Waals surface area contributed by atoms with Crippen LogP contribution in [0.3, 0.4) is 0 Å². The van der Waals surface area contributed by atoms with Crippen molar-refractivity contribution in [3.05, 3.63) is 33.4 Å². The number of rotatable bonds is 9. The van der Waals surface area contributed by atoms with Crippen LogP contribution in [-0.4, -0.2) is 5.37 Å². The zero-order valence-corrected chi connectivity index (χ0v) is 19.1. The monoisotopic (exact) mass is 373 g/mol. The van der Waals surface area contributed by atoms with E-state index in [0.717, 1.165) is 25.7 Å². The number of thioether (sulfide) groups is 1. The van der Waals surface area contributed by atoms with Gasteiger partial charge in [0.25, 0.3) is 0 Å². The largest absolute Gasteiger partial charge is 0.366 e. The Morgan fingerprint density at radius 2 is 1.96 bits per heavy atom. The first-order valence-electron chi connectivity index (χ1n) is 10.1. The van der Waals surface area contributed by atoms with Gasteiger partial charge in [-0.05, 0) is 62.0 Å². The van der Waals surface area contributed by atoms with Crippen molar-refractivity contribution in [2.45, 2.75) is 92.9 Å². The van der Waals surface area contributed by atoms with E-state index in [1.54, 1.807) is 5.57 Å². The molecule has 0 radical (unpaired) electrons. The summed E-state index contributed by atoms with van der Waals surface area (Å²) in [6.07, 6.45) is 13.9. The molecule has 146 valence electrons. The molecule has 2 unspecified atom stereocenters. The van der Waals surface area contributed by atoms with Crippen LogP contribution < -0.4 is 5.32 Å². The molecule has 0 aliphatic heterocycles. The molecular weight excluding hydrogens is 334 g/mol. The highest BCUT2D eigenvalue weighted by Gasteiger charge is 2.31. The van der Waals surface area contributed by atoms with E-state index in [-0.39, 0.29) is 10.8 Å². The first-order valence-corrected chi connectivity index (χ1v) is 11.0. The second kappa shape index (κ2) is 10.3. The van der Waals surface area contributed by atoms with Crippen molar-refractivity contribution in [2.75, 3.05) is 0 Å². The molecule has 2 heteroatoms. The van der Waals surface area contributed by atoms with Crippen LogP contribution in [0.25, 0.3) is 0 Å². The van der Waals surface area contributed by atoms with Gasteiger partial charge in [0.1, 0.15) is 5.37 Å². The topological polar surface area (TPSA) is 12.0 Å². The lowest BCUT2D eigenvalue weighted by Crippen LogP contribution is -2.27. The highest BCUT2D eigenvalue weighted by molar-refractivity contribution is 8.04. The lowest BCUT2D eigenvalue weighted by Gasteiger charge is -2.25. The van der Waals surface area contributed by atoms with Gasteiger partial charge in [-0.1, -0.05) is 77.3 Å². The van der Waals surface area contributed by atoms with Crippen LogP contribution in [-0.2, 0) is 0 Å². The third-order valence-electron chi connectivity index (χ3n) is 4.46. The fourth-order valence-electron chi connectivity index (χ4n) is 3.20. The van der Waals surface area contributed by atoms with Crippen molar-refractivity contribution in [1.29, 1.82) is 0 Å². The van der Waals surface area contributed by atoms with Crippen molar-refractivity contribution in [2.24, 2.45) is 11.3 Å². The van der Waals surface area contributed by atoms with Gasteiger partial charge in [-0.2, -0.15) is 0 Å². The van der Waals surface area contributed by atoms with Gasteiger partial charge in [-0.25, -0.2) is 0 Å². The maximum Gasteiger partial charge on any atom is 0.139 e. The molecule has 0 aromatic carbocycles. The van der Waals surface area contributed by atoms with Crippen molar-refractivity contribution in [1.82, 2.24) is 5.32 Å². The van der Waals surface area contributed by atoms with Gasteiger partial charge in [0, 0.05) is 10.6 Å². The molecule has 0 heterocycles. The SMILES string of the molecule is C#CC(N/C(CC(C)(C)C)=C1\CC1C)SC(=C(C)C)/C(=C\CC)CCC. The summed E-state index contributed by atoms with van der Waals surface area (Å²) in [5, 5.41) is 3.70. The summed E-state index contributed by atoms with van der Waals surface area (Å²) in [5.74, 6) is 3.71. The fraction of sp³-hybridized carbons (Fsp3) is 0.667. The van der Waals surface area contributed by atoms with Crippen LogP contribution in [0.5, 0.6) is 0 Å². The van der Waals surface area contributed by atoms with Crippen LogP contribution in [0.2, 0.25) is 0 Å². The van der Waals surface area contributed by atoms with E-state index in [0.29, 0.717) is 5.92 Å². The quantitative estimate of drug-likeness (QED) is 0.256. The number of allylic oxidation sites excluding steroid dienone is 5. The van der Waals surface area contributed by atoms with Crippen molar-refractivity contribution in [3.8, 4) is 12.3 Å². The van der Waals surface area contributed by atoms with E-state index in [1.807, 2.05) is 11.8 Å². The minimum Gasteiger partial charge on any atom is -0.366 e. The normalized spacial score (nSPS) is 20.3. The smallest absolute Gasteiger partial charge is 0.139 e. The molecule has 1 rings (SSSR count). The third-order valence-corrected chi connectivity index (χ3v) is 5.86. The molecule has 26 heavy (non-hydrogen) atoms. The minimum absolute atomic E-state index is 0.0188. The van der Waals surface area contributed by atoms with E-state index in [4.69, 9.17) is 6.42 Å². The molecule has 1 fully saturated rings. The summed E-state index contributed by atoms with van der Waals surface area (Å²) in [6, 6.07) is 0. The molecule has 1 N–H and O–H groups in total. The molecule has 1 nitrogen and oxygen atoms in total. The Kier molecular flexibility index (Phi) is 9.11. The predicted molar refractivity (Wildman–Crippen MR) is 120 cm³/mol. The van der Waals surface area contributed by atoms with Crippen LogP contribution in [0.15, 0.2) is 33.4 Å². The van der Waals surface area contributed by atoms with Crippen molar-refractivity contribution >= 4 is 11.8 Å². The Hall–Kier alpha value is -1.07. The van der Waals surface area contributed by atoms with Crippen LogP contribution in [0.1, 0.15) is 87.5 Å². The predicted octanol–water partition coefficient (Wildman–Crippen LogP) is 7.43. The van der Waals surface area contributed by atoms with Gasteiger partial charge in [-0.3, -0.25) is 0 Å². The Labute approximate surface area is 167 Å².